The average Bonchev–Trinajstić information content (AvgIpc) is 2.91. The number of ether oxygens (including phenoxy) is 2. The molecule has 1 aromatic carbocycles. The zero-order chi connectivity index (χ0) is 15.9. The van der Waals surface area contributed by atoms with Gasteiger partial charge in [-0.1, -0.05) is 12.1 Å². The summed E-state index contributed by atoms with van der Waals surface area (Å²) in [7, 11) is 0. The van der Waals surface area contributed by atoms with Crippen LogP contribution in [0.2, 0.25) is 0 Å². The van der Waals surface area contributed by atoms with Gasteiger partial charge in [0.05, 0.1) is 6.61 Å². The molecule has 1 aromatic heterocycles. The van der Waals surface area contributed by atoms with Gasteiger partial charge in [0.1, 0.15) is 17.3 Å². The number of nitrogens with zero attached hydrogens (tertiary/aromatic N) is 1. The molecule has 0 fully saturated rings. The fraction of sp³-hybridized carbons (Fsp3) is 0.375. The van der Waals surface area contributed by atoms with Gasteiger partial charge in [-0.15, -0.1) is 0 Å². The maximum Gasteiger partial charge on any atom is 0.266 e. The lowest BCUT2D eigenvalue weighted by Gasteiger charge is -2.14. The standard InChI is InChI=1S/C16H20N2O4/c1-4-9-20-13-5-7-14(8-6-13)21-12(3)16(19)17-15-10-11(2)22-18-15/h5-8,10,12H,4,9H2,1-3H3,(H,17,18,19). The van der Waals surface area contributed by atoms with Gasteiger partial charge in [0.25, 0.3) is 5.91 Å². The van der Waals surface area contributed by atoms with Crippen LogP contribution in [0.4, 0.5) is 5.82 Å². The minimum Gasteiger partial charge on any atom is -0.494 e. The van der Waals surface area contributed by atoms with Crippen LogP contribution < -0.4 is 14.8 Å². The molecule has 1 amide bonds. The number of carbonyl (C=O) groups is 1. The summed E-state index contributed by atoms with van der Waals surface area (Å²) in [5, 5.41) is 6.33. The van der Waals surface area contributed by atoms with E-state index in [0.717, 1.165) is 12.2 Å². The Hall–Kier alpha value is -2.50. The Kier molecular flexibility index (Phi) is 5.41. The highest BCUT2D eigenvalue weighted by Gasteiger charge is 2.16. The number of anilines is 1. The number of hydrogen-bond donors (Lipinski definition) is 1. The maximum atomic E-state index is 12.0. The SMILES string of the molecule is CCCOc1ccc(OC(C)C(=O)Nc2cc(C)on2)cc1. The fourth-order valence-electron chi connectivity index (χ4n) is 1.75. The predicted molar refractivity (Wildman–Crippen MR) is 82.2 cm³/mol. The number of hydrogen-bond acceptors (Lipinski definition) is 5. The van der Waals surface area contributed by atoms with Crippen LogP contribution in [0.15, 0.2) is 34.9 Å². The van der Waals surface area contributed by atoms with Gasteiger partial charge in [0.2, 0.25) is 0 Å². The van der Waals surface area contributed by atoms with Crippen molar-refractivity contribution in [2.45, 2.75) is 33.3 Å². The molecular weight excluding hydrogens is 284 g/mol. The molecule has 1 unspecified atom stereocenters. The van der Waals surface area contributed by atoms with Crippen LogP contribution in [0.25, 0.3) is 0 Å². The van der Waals surface area contributed by atoms with E-state index in [9.17, 15) is 4.79 Å². The quantitative estimate of drug-likeness (QED) is 0.850. The molecule has 0 aliphatic heterocycles. The Morgan fingerprint density at radius 2 is 2.00 bits per heavy atom. The molecule has 22 heavy (non-hydrogen) atoms. The Labute approximate surface area is 129 Å². The second-order valence-corrected chi connectivity index (χ2v) is 4.89. The van der Waals surface area contributed by atoms with Gasteiger partial charge in [-0.3, -0.25) is 4.79 Å². The fourth-order valence-corrected chi connectivity index (χ4v) is 1.75. The molecule has 6 nitrogen and oxygen atoms in total. The first-order valence-corrected chi connectivity index (χ1v) is 7.22. The van der Waals surface area contributed by atoms with Crippen molar-refractivity contribution in [1.29, 1.82) is 0 Å². The molecule has 2 rings (SSSR count). The molecule has 0 radical (unpaired) electrons. The van der Waals surface area contributed by atoms with Crippen LogP contribution in [0, 0.1) is 6.92 Å². The third-order valence-electron chi connectivity index (χ3n) is 2.86. The van der Waals surface area contributed by atoms with Crippen LogP contribution >= 0.6 is 0 Å². The maximum absolute atomic E-state index is 12.0. The number of aryl methyl sites for hydroxylation is 1. The van der Waals surface area contributed by atoms with Crippen molar-refractivity contribution < 1.29 is 18.8 Å². The largest absolute Gasteiger partial charge is 0.494 e. The molecule has 0 bridgehead atoms. The zero-order valence-electron chi connectivity index (χ0n) is 13.0. The number of nitrogens with one attached hydrogen (secondary N) is 1. The van der Waals surface area contributed by atoms with Gasteiger partial charge in [0, 0.05) is 6.07 Å². The topological polar surface area (TPSA) is 73.6 Å². The minimum atomic E-state index is -0.653. The molecule has 118 valence electrons. The van der Waals surface area contributed by atoms with Crippen LogP contribution in [-0.4, -0.2) is 23.8 Å². The molecule has 6 heteroatoms. The third kappa shape index (κ3) is 4.51. The average molecular weight is 304 g/mol. The van der Waals surface area contributed by atoms with Gasteiger partial charge < -0.3 is 19.3 Å². The Bertz CT molecular complexity index is 607. The van der Waals surface area contributed by atoms with Gasteiger partial charge in [0.15, 0.2) is 11.9 Å². The Morgan fingerprint density at radius 1 is 1.32 bits per heavy atom. The summed E-state index contributed by atoms with van der Waals surface area (Å²) in [5.74, 6) is 2.10. The highest BCUT2D eigenvalue weighted by atomic mass is 16.5. The van der Waals surface area contributed by atoms with Crippen molar-refractivity contribution in [2.75, 3.05) is 11.9 Å². The van der Waals surface area contributed by atoms with Crippen molar-refractivity contribution in [3.8, 4) is 11.5 Å². The first kappa shape index (κ1) is 15.9. The molecule has 2 aromatic rings. The summed E-state index contributed by atoms with van der Waals surface area (Å²) >= 11 is 0. The van der Waals surface area contributed by atoms with E-state index in [2.05, 4.69) is 10.5 Å². The summed E-state index contributed by atoms with van der Waals surface area (Å²) < 4.78 is 16.0. The molecule has 0 aliphatic carbocycles. The molecule has 1 N–H and O–H groups in total. The third-order valence-corrected chi connectivity index (χ3v) is 2.86. The van der Waals surface area contributed by atoms with Gasteiger partial charge in [-0.25, -0.2) is 0 Å². The lowest BCUT2D eigenvalue weighted by Crippen LogP contribution is -2.30. The zero-order valence-corrected chi connectivity index (χ0v) is 13.0. The van der Waals surface area contributed by atoms with E-state index in [4.69, 9.17) is 14.0 Å². The van der Waals surface area contributed by atoms with Crippen LogP contribution in [0.5, 0.6) is 11.5 Å². The van der Waals surface area contributed by atoms with E-state index in [1.54, 1.807) is 32.0 Å². The van der Waals surface area contributed by atoms with E-state index < -0.39 is 6.10 Å². The van der Waals surface area contributed by atoms with E-state index >= 15 is 0 Å². The molecule has 0 saturated heterocycles. The molecule has 1 heterocycles. The monoisotopic (exact) mass is 304 g/mol. The summed E-state index contributed by atoms with van der Waals surface area (Å²) in [4.78, 5) is 12.0. The van der Waals surface area contributed by atoms with Crippen LogP contribution in [-0.2, 0) is 4.79 Å². The van der Waals surface area contributed by atoms with Gasteiger partial charge >= 0.3 is 0 Å². The van der Waals surface area contributed by atoms with Gasteiger partial charge in [-0.2, -0.15) is 0 Å². The van der Waals surface area contributed by atoms with E-state index in [1.165, 1.54) is 0 Å². The van der Waals surface area contributed by atoms with Crippen molar-refractivity contribution >= 4 is 11.7 Å². The molecule has 0 aliphatic rings. The number of carbonyl (C=O) groups excluding carboxylic acids is 1. The first-order chi connectivity index (χ1) is 10.6. The second-order valence-electron chi connectivity index (χ2n) is 4.89. The highest BCUT2D eigenvalue weighted by Crippen LogP contribution is 2.19. The van der Waals surface area contributed by atoms with E-state index in [1.807, 2.05) is 19.1 Å². The number of aromatic nitrogens is 1. The van der Waals surface area contributed by atoms with Crippen molar-refractivity contribution in [3.05, 3.63) is 36.1 Å². The Balaban J connectivity index is 1.87. The Morgan fingerprint density at radius 3 is 2.59 bits per heavy atom. The second kappa shape index (κ2) is 7.49. The number of benzene rings is 1. The van der Waals surface area contributed by atoms with Crippen LogP contribution in [0.1, 0.15) is 26.0 Å². The van der Waals surface area contributed by atoms with Gasteiger partial charge in [-0.05, 0) is 44.5 Å². The molecule has 1 atom stereocenters. The minimum absolute atomic E-state index is 0.292. The van der Waals surface area contributed by atoms with E-state index in [0.29, 0.717) is 23.9 Å². The van der Waals surface area contributed by atoms with Crippen molar-refractivity contribution in [1.82, 2.24) is 5.16 Å². The number of amides is 1. The lowest BCUT2D eigenvalue weighted by molar-refractivity contribution is -0.122. The summed E-state index contributed by atoms with van der Waals surface area (Å²) in [6.07, 6.45) is 0.302. The predicted octanol–water partition coefficient (Wildman–Crippen LogP) is 3.18. The lowest BCUT2D eigenvalue weighted by atomic mass is 10.3. The summed E-state index contributed by atoms with van der Waals surface area (Å²) in [5.41, 5.74) is 0. The van der Waals surface area contributed by atoms with Crippen molar-refractivity contribution in [3.63, 3.8) is 0 Å². The van der Waals surface area contributed by atoms with Crippen molar-refractivity contribution in [2.24, 2.45) is 0 Å². The summed E-state index contributed by atoms with van der Waals surface area (Å²) in [6.45, 7) is 6.15. The molecule has 0 spiro atoms. The molecular formula is C16H20N2O4. The smallest absolute Gasteiger partial charge is 0.266 e. The first-order valence-electron chi connectivity index (χ1n) is 7.22. The van der Waals surface area contributed by atoms with E-state index in [-0.39, 0.29) is 5.91 Å². The normalized spacial score (nSPS) is 11.8. The summed E-state index contributed by atoms with van der Waals surface area (Å²) in [6, 6.07) is 8.82. The highest BCUT2D eigenvalue weighted by molar-refractivity contribution is 5.93. The molecule has 0 saturated carbocycles. The number of rotatable bonds is 7. The van der Waals surface area contributed by atoms with Crippen LogP contribution in [0.3, 0.4) is 0 Å².